The fraction of sp³-hybridized carbons (Fsp3) is 0.652. The van der Waals surface area contributed by atoms with Gasteiger partial charge in [-0.15, -0.1) is 0 Å². The molecule has 2 amide bonds. The molecule has 1 fully saturated rings. The predicted octanol–water partition coefficient (Wildman–Crippen LogP) is 3.69. The molecule has 0 unspecified atom stereocenters. The predicted molar refractivity (Wildman–Crippen MR) is 114 cm³/mol. The summed E-state index contributed by atoms with van der Waals surface area (Å²) in [5.74, 6) is 0.280. The highest BCUT2D eigenvalue weighted by Crippen LogP contribution is 2.20. The first-order valence-corrected chi connectivity index (χ1v) is 11.0. The lowest BCUT2D eigenvalue weighted by molar-refractivity contribution is -0.126. The number of piperidine rings is 1. The maximum absolute atomic E-state index is 12.8. The van der Waals surface area contributed by atoms with Gasteiger partial charge < -0.3 is 10.2 Å². The smallest absolute Gasteiger partial charge is 0.253 e. The van der Waals surface area contributed by atoms with Crippen LogP contribution in [0.15, 0.2) is 24.3 Å². The molecule has 0 aromatic heterocycles. The molecule has 2 rings (SSSR count). The van der Waals surface area contributed by atoms with E-state index in [0.717, 1.165) is 63.8 Å². The monoisotopic (exact) mass is 387 g/mol. The Kier molecular flexibility index (Phi) is 9.48. The van der Waals surface area contributed by atoms with Gasteiger partial charge in [-0.05, 0) is 50.0 Å². The van der Waals surface area contributed by atoms with Crippen LogP contribution < -0.4 is 5.32 Å². The van der Waals surface area contributed by atoms with Crippen LogP contribution in [0.2, 0.25) is 0 Å². The van der Waals surface area contributed by atoms with Crippen molar-refractivity contribution in [3.63, 3.8) is 0 Å². The van der Waals surface area contributed by atoms with Crippen LogP contribution in [0.1, 0.15) is 68.8 Å². The van der Waals surface area contributed by atoms with Crippen molar-refractivity contribution in [1.82, 2.24) is 15.1 Å². The Labute approximate surface area is 170 Å². The van der Waals surface area contributed by atoms with Gasteiger partial charge in [0.2, 0.25) is 5.91 Å². The topological polar surface area (TPSA) is 52.7 Å². The van der Waals surface area contributed by atoms with Crippen LogP contribution in [-0.4, -0.2) is 54.3 Å². The van der Waals surface area contributed by atoms with Crippen LogP contribution in [0.25, 0.3) is 0 Å². The van der Waals surface area contributed by atoms with Gasteiger partial charge >= 0.3 is 0 Å². The molecule has 0 aliphatic carbocycles. The first-order chi connectivity index (χ1) is 13.6. The van der Waals surface area contributed by atoms with E-state index < -0.39 is 0 Å². The highest BCUT2D eigenvalue weighted by atomic mass is 16.2. The largest absolute Gasteiger partial charge is 0.356 e. The minimum Gasteiger partial charge on any atom is -0.356 e. The van der Waals surface area contributed by atoms with Crippen LogP contribution in [0.5, 0.6) is 0 Å². The number of rotatable bonds is 10. The summed E-state index contributed by atoms with van der Waals surface area (Å²) in [5.41, 5.74) is 1.98. The number of hydrogen-bond acceptors (Lipinski definition) is 3. The van der Waals surface area contributed by atoms with Gasteiger partial charge in [-0.3, -0.25) is 14.5 Å². The average molecular weight is 388 g/mol. The third-order valence-corrected chi connectivity index (χ3v) is 5.73. The number of unbranched alkanes of at least 4 members (excludes halogenated alkanes) is 2. The van der Waals surface area contributed by atoms with Crippen molar-refractivity contribution in [2.45, 2.75) is 59.4 Å². The van der Waals surface area contributed by atoms with Gasteiger partial charge in [0.05, 0.1) is 0 Å². The lowest BCUT2D eigenvalue weighted by Gasteiger charge is -2.31. The zero-order valence-electron chi connectivity index (χ0n) is 17.9. The Morgan fingerprint density at radius 3 is 2.25 bits per heavy atom. The molecule has 1 aromatic rings. The zero-order chi connectivity index (χ0) is 20.4. The molecule has 1 aromatic carbocycles. The van der Waals surface area contributed by atoms with Gasteiger partial charge in [0.1, 0.15) is 0 Å². The fourth-order valence-electron chi connectivity index (χ4n) is 3.72. The van der Waals surface area contributed by atoms with Crippen molar-refractivity contribution in [2.24, 2.45) is 5.92 Å². The van der Waals surface area contributed by atoms with Crippen molar-refractivity contribution in [1.29, 1.82) is 0 Å². The molecule has 0 bridgehead atoms. The molecule has 5 heteroatoms. The molecule has 1 aliphatic rings. The van der Waals surface area contributed by atoms with Gasteiger partial charge in [0, 0.05) is 37.7 Å². The summed E-state index contributed by atoms with van der Waals surface area (Å²) in [6, 6.07) is 7.99. The molecule has 1 saturated heterocycles. The summed E-state index contributed by atoms with van der Waals surface area (Å²) in [6.07, 6.45) is 4.87. The highest BCUT2D eigenvalue weighted by molar-refractivity contribution is 5.94. The molecule has 28 heavy (non-hydrogen) atoms. The molecule has 5 nitrogen and oxygen atoms in total. The van der Waals surface area contributed by atoms with E-state index in [0.29, 0.717) is 13.1 Å². The second-order valence-corrected chi connectivity index (χ2v) is 7.72. The van der Waals surface area contributed by atoms with Crippen molar-refractivity contribution in [2.75, 3.05) is 32.7 Å². The molecule has 0 atom stereocenters. The number of likely N-dealkylation sites (tertiary alicyclic amines) is 1. The highest BCUT2D eigenvalue weighted by Gasteiger charge is 2.27. The van der Waals surface area contributed by atoms with E-state index in [1.165, 1.54) is 5.56 Å². The lowest BCUT2D eigenvalue weighted by Crippen LogP contribution is -2.43. The molecule has 0 spiro atoms. The molecule has 0 saturated carbocycles. The first kappa shape index (κ1) is 22.4. The molecule has 0 radical (unpaired) electrons. The van der Waals surface area contributed by atoms with E-state index in [4.69, 9.17) is 0 Å². The minimum absolute atomic E-state index is 0.0436. The van der Waals surface area contributed by atoms with Crippen molar-refractivity contribution in [3.8, 4) is 0 Å². The molecule has 156 valence electrons. The van der Waals surface area contributed by atoms with E-state index in [1.807, 2.05) is 17.0 Å². The first-order valence-electron chi connectivity index (χ1n) is 11.0. The van der Waals surface area contributed by atoms with E-state index in [2.05, 4.69) is 43.1 Å². The summed E-state index contributed by atoms with van der Waals surface area (Å²) in [4.78, 5) is 29.3. The average Bonchev–Trinajstić information content (AvgIpc) is 2.75. The van der Waals surface area contributed by atoms with E-state index in [-0.39, 0.29) is 17.7 Å². The van der Waals surface area contributed by atoms with Gasteiger partial charge in [0.25, 0.3) is 5.91 Å². The van der Waals surface area contributed by atoms with Gasteiger partial charge in [-0.25, -0.2) is 0 Å². The summed E-state index contributed by atoms with van der Waals surface area (Å²) < 4.78 is 0. The van der Waals surface area contributed by atoms with E-state index >= 15 is 0 Å². The lowest BCUT2D eigenvalue weighted by atomic mass is 9.95. The Morgan fingerprint density at radius 2 is 1.68 bits per heavy atom. The summed E-state index contributed by atoms with van der Waals surface area (Å²) in [7, 11) is 0. The Hall–Kier alpha value is -1.88. The van der Waals surface area contributed by atoms with Crippen molar-refractivity contribution in [3.05, 3.63) is 35.4 Å². The molecule has 1 heterocycles. The zero-order valence-corrected chi connectivity index (χ0v) is 17.9. The molecule has 1 aliphatic heterocycles. The van der Waals surface area contributed by atoms with E-state index in [9.17, 15) is 9.59 Å². The molecular weight excluding hydrogens is 350 g/mol. The summed E-state index contributed by atoms with van der Waals surface area (Å²) in [6.45, 7) is 11.5. The number of carbonyl (C=O) groups excluding carboxylic acids is 2. The normalized spacial score (nSPS) is 15.1. The Morgan fingerprint density at radius 1 is 1.04 bits per heavy atom. The number of nitrogens with zero attached hydrogens (tertiary/aromatic N) is 2. The third-order valence-electron chi connectivity index (χ3n) is 5.73. The van der Waals surface area contributed by atoms with Crippen molar-refractivity contribution >= 4 is 11.8 Å². The second-order valence-electron chi connectivity index (χ2n) is 7.72. The Bertz CT molecular complexity index is 603. The van der Waals surface area contributed by atoms with Crippen LogP contribution in [0.4, 0.5) is 0 Å². The molecule has 1 N–H and O–H groups in total. The maximum Gasteiger partial charge on any atom is 0.253 e. The number of carbonyl (C=O) groups is 2. The summed E-state index contributed by atoms with van der Waals surface area (Å²) in [5, 5.41) is 3.05. The van der Waals surface area contributed by atoms with Crippen LogP contribution >= 0.6 is 0 Å². The second kappa shape index (κ2) is 11.8. The fourth-order valence-corrected chi connectivity index (χ4v) is 3.72. The molecular formula is C23H37N3O2. The van der Waals surface area contributed by atoms with Crippen LogP contribution in [0.3, 0.4) is 0 Å². The SMILES string of the molecule is CCCCCNC(=O)C1CCN(C(=O)c2ccc(CN(CC)CC)cc2)CC1. The minimum atomic E-state index is 0.0436. The summed E-state index contributed by atoms with van der Waals surface area (Å²) >= 11 is 0. The van der Waals surface area contributed by atoms with Crippen molar-refractivity contribution < 1.29 is 9.59 Å². The maximum atomic E-state index is 12.8. The van der Waals surface area contributed by atoms with Gasteiger partial charge in [0.15, 0.2) is 0 Å². The standard InChI is InChI=1S/C23H37N3O2/c1-4-7-8-15-24-22(27)20-13-16-26(17-14-20)23(28)21-11-9-19(10-12-21)18-25(5-2)6-3/h9-12,20H,4-8,13-18H2,1-3H3,(H,24,27). The van der Waals surface area contributed by atoms with Crippen LogP contribution in [0, 0.1) is 5.92 Å². The number of benzene rings is 1. The number of nitrogens with one attached hydrogen (secondary N) is 1. The number of amides is 2. The van der Waals surface area contributed by atoms with Crippen LogP contribution in [-0.2, 0) is 11.3 Å². The quantitative estimate of drug-likeness (QED) is 0.623. The third kappa shape index (κ3) is 6.62. The van der Waals surface area contributed by atoms with E-state index in [1.54, 1.807) is 0 Å². The van der Waals surface area contributed by atoms with Gasteiger partial charge in [-0.2, -0.15) is 0 Å². The number of hydrogen-bond donors (Lipinski definition) is 1. The van der Waals surface area contributed by atoms with Gasteiger partial charge in [-0.1, -0.05) is 45.7 Å². The Balaban J connectivity index is 1.80.